The number of aryl methyl sites for hydroxylation is 1. The number of nitrogens with zero attached hydrogens (tertiary/aromatic N) is 2. The van der Waals surface area contributed by atoms with Gasteiger partial charge >= 0.3 is 0 Å². The molecule has 0 aliphatic rings. The molecule has 1 heterocycles. The van der Waals surface area contributed by atoms with Crippen molar-refractivity contribution in [3.63, 3.8) is 0 Å². The Kier molecular flexibility index (Phi) is 4.36. The quantitative estimate of drug-likeness (QED) is 0.815. The van der Waals surface area contributed by atoms with Crippen molar-refractivity contribution in [1.82, 2.24) is 9.97 Å². The highest BCUT2D eigenvalue weighted by atomic mass is 35.5. The van der Waals surface area contributed by atoms with Crippen LogP contribution in [0.1, 0.15) is 5.69 Å². The number of anilines is 3. The first-order valence-corrected chi connectivity index (χ1v) is 6.28. The van der Waals surface area contributed by atoms with Crippen LogP contribution in [-0.2, 0) is 0 Å². The van der Waals surface area contributed by atoms with Crippen LogP contribution in [0.4, 0.5) is 17.5 Å². The van der Waals surface area contributed by atoms with Gasteiger partial charge in [-0.3, -0.25) is 0 Å². The number of benzene rings is 1. The number of rotatable bonds is 5. The molecule has 2 rings (SSSR count). The first-order valence-electron chi connectivity index (χ1n) is 5.90. The Morgan fingerprint density at radius 1 is 1.26 bits per heavy atom. The molecule has 1 aromatic heterocycles. The van der Waals surface area contributed by atoms with Crippen molar-refractivity contribution in [3.8, 4) is 0 Å². The van der Waals surface area contributed by atoms with Gasteiger partial charge in [0, 0.05) is 29.0 Å². The fourth-order valence-corrected chi connectivity index (χ4v) is 1.68. The maximum atomic E-state index is 5.84. The summed E-state index contributed by atoms with van der Waals surface area (Å²) in [7, 11) is 0. The maximum Gasteiger partial charge on any atom is 0.229 e. The molecule has 98 valence electrons. The highest BCUT2D eigenvalue weighted by Gasteiger charge is 2.02. The van der Waals surface area contributed by atoms with Crippen molar-refractivity contribution in [1.29, 1.82) is 0 Å². The molecule has 0 atom stereocenters. The zero-order valence-corrected chi connectivity index (χ0v) is 11.4. The van der Waals surface area contributed by atoms with Crippen molar-refractivity contribution in [2.24, 2.45) is 0 Å². The summed E-state index contributed by atoms with van der Waals surface area (Å²) in [4.78, 5) is 8.71. The molecule has 0 spiro atoms. The SMILES string of the molecule is C=CCNc1cc(C)nc(Nc2ccc(Cl)cc2)n1. The Morgan fingerprint density at radius 3 is 2.68 bits per heavy atom. The number of halogens is 1. The van der Waals surface area contributed by atoms with Gasteiger partial charge in [0.2, 0.25) is 5.95 Å². The molecule has 0 amide bonds. The average Bonchev–Trinajstić information content (AvgIpc) is 2.38. The summed E-state index contributed by atoms with van der Waals surface area (Å²) in [6, 6.07) is 9.28. The second kappa shape index (κ2) is 6.20. The third-order valence-electron chi connectivity index (χ3n) is 2.38. The first kappa shape index (κ1) is 13.4. The lowest BCUT2D eigenvalue weighted by atomic mass is 10.3. The molecule has 0 bridgehead atoms. The number of hydrogen-bond acceptors (Lipinski definition) is 4. The van der Waals surface area contributed by atoms with Crippen molar-refractivity contribution < 1.29 is 0 Å². The lowest BCUT2D eigenvalue weighted by molar-refractivity contribution is 1.09. The summed E-state index contributed by atoms with van der Waals surface area (Å²) >= 11 is 5.84. The third kappa shape index (κ3) is 3.96. The molecule has 0 saturated heterocycles. The van der Waals surface area contributed by atoms with Gasteiger partial charge in [-0.15, -0.1) is 6.58 Å². The van der Waals surface area contributed by atoms with Crippen LogP contribution in [0.25, 0.3) is 0 Å². The van der Waals surface area contributed by atoms with Gasteiger partial charge in [-0.2, -0.15) is 4.98 Å². The van der Waals surface area contributed by atoms with E-state index in [4.69, 9.17) is 11.6 Å². The average molecular weight is 275 g/mol. The largest absolute Gasteiger partial charge is 0.366 e. The molecule has 4 nitrogen and oxygen atoms in total. The molecular formula is C14H15ClN4. The van der Waals surface area contributed by atoms with Gasteiger partial charge in [-0.05, 0) is 31.2 Å². The Bertz CT molecular complexity index is 566. The summed E-state index contributed by atoms with van der Waals surface area (Å²) in [6.45, 7) is 6.25. The molecule has 1 aromatic carbocycles. The highest BCUT2D eigenvalue weighted by Crippen LogP contribution is 2.18. The Morgan fingerprint density at radius 2 is 2.00 bits per heavy atom. The van der Waals surface area contributed by atoms with E-state index in [1.165, 1.54) is 0 Å². The van der Waals surface area contributed by atoms with Gasteiger partial charge < -0.3 is 10.6 Å². The van der Waals surface area contributed by atoms with Crippen LogP contribution in [0.5, 0.6) is 0 Å². The molecule has 0 fully saturated rings. The van der Waals surface area contributed by atoms with Crippen molar-refractivity contribution in [2.75, 3.05) is 17.2 Å². The van der Waals surface area contributed by atoms with Crippen LogP contribution in [0, 0.1) is 6.92 Å². The molecular weight excluding hydrogens is 260 g/mol. The summed E-state index contributed by atoms with van der Waals surface area (Å²) < 4.78 is 0. The van der Waals surface area contributed by atoms with Gasteiger partial charge in [0.1, 0.15) is 5.82 Å². The standard InChI is InChI=1S/C14H15ClN4/c1-3-8-16-13-9-10(2)17-14(19-13)18-12-6-4-11(15)5-7-12/h3-7,9H,1,8H2,2H3,(H2,16,17,18,19). The van der Waals surface area contributed by atoms with Gasteiger partial charge in [0.05, 0.1) is 0 Å². The Balaban J connectivity index is 2.17. The molecule has 0 saturated carbocycles. The first-order chi connectivity index (χ1) is 9.17. The summed E-state index contributed by atoms with van der Waals surface area (Å²) in [5, 5.41) is 6.98. The second-order valence-electron chi connectivity index (χ2n) is 4.02. The summed E-state index contributed by atoms with van der Waals surface area (Å²) in [6.07, 6.45) is 1.78. The lowest BCUT2D eigenvalue weighted by Crippen LogP contribution is -2.05. The van der Waals surface area contributed by atoms with Gasteiger partial charge in [0.25, 0.3) is 0 Å². The van der Waals surface area contributed by atoms with Crippen LogP contribution in [-0.4, -0.2) is 16.5 Å². The van der Waals surface area contributed by atoms with E-state index in [2.05, 4.69) is 27.2 Å². The van der Waals surface area contributed by atoms with E-state index in [9.17, 15) is 0 Å². The molecule has 2 N–H and O–H groups in total. The topological polar surface area (TPSA) is 49.8 Å². The second-order valence-corrected chi connectivity index (χ2v) is 4.46. The molecule has 5 heteroatoms. The normalized spacial score (nSPS) is 10.0. The zero-order valence-electron chi connectivity index (χ0n) is 10.7. The molecule has 0 aliphatic carbocycles. The summed E-state index contributed by atoms with van der Waals surface area (Å²) in [5.41, 5.74) is 1.78. The fraction of sp³-hybridized carbons (Fsp3) is 0.143. The van der Waals surface area contributed by atoms with Crippen LogP contribution < -0.4 is 10.6 Å². The minimum atomic E-state index is 0.550. The zero-order chi connectivity index (χ0) is 13.7. The fourth-order valence-electron chi connectivity index (χ4n) is 1.55. The Labute approximate surface area is 117 Å². The van der Waals surface area contributed by atoms with E-state index < -0.39 is 0 Å². The van der Waals surface area contributed by atoms with Gasteiger partial charge in [0.15, 0.2) is 0 Å². The van der Waals surface area contributed by atoms with Crippen LogP contribution in [0.3, 0.4) is 0 Å². The molecule has 0 aliphatic heterocycles. The van der Waals surface area contributed by atoms with E-state index in [1.54, 1.807) is 6.08 Å². The molecule has 19 heavy (non-hydrogen) atoms. The lowest BCUT2D eigenvalue weighted by Gasteiger charge is -2.09. The molecule has 0 radical (unpaired) electrons. The van der Waals surface area contributed by atoms with Crippen molar-refractivity contribution in [3.05, 3.63) is 53.7 Å². The number of nitrogens with one attached hydrogen (secondary N) is 2. The smallest absolute Gasteiger partial charge is 0.229 e. The third-order valence-corrected chi connectivity index (χ3v) is 2.63. The van der Waals surface area contributed by atoms with Crippen molar-refractivity contribution in [2.45, 2.75) is 6.92 Å². The maximum absolute atomic E-state index is 5.84. The predicted molar refractivity (Wildman–Crippen MR) is 80.2 cm³/mol. The van der Waals surface area contributed by atoms with E-state index >= 15 is 0 Å². The van der Waals surface area contributed by atoms with E-state index in [-0.39, 0.29) is 0 Å². The number of hydrogen-bond donors (Lipinski definition) is 2. The minimum Gasteiger partial charge on any atom is -0.366 e. The molecule has 0 unspecified atom stereocenters. The summed E-state index contributed by atoms with van der Waals surface area (Å²) in [5.74, 6) is 1.32. The van der Waals surface area contributed by atoms with Gasteiger partial charge in [-0.25, -0.2) is 4.98 Å². The van der Waals surface area contributed by atoms with Crippen LogP contribution in [0.15, 0.2) is 43.0 Å². The predicted octanol–water partition coefficient (Wildman–Crippen LogP) is 3.78. The molecule has 2 aromatic rings. The van der Waals surface area contributed by atoms with E-state index in [1.807, 2.05) is 37.3 Å². The highest BCUT2D eigenvalue weighted by molar-refractivity contribution is 6.30. The van der Waals surface area contributed by atoms with Crippen LogP contribution in [0.2, 0.25) is 5.02 Å². The number of aromatic nitrogens is 2. The Hall–Kier alpha value is -2.07. The van der Waals surface area contributed by atoms with E-state index in [0.717, 1.165) is 17.2 Å². The van der Waals surface area contributed by atoms with E-state index in [0.29, 0.717) is 17.5 Å². The monoisotopic (exact) mass is 274 g/mol. The minimum absolute atomic E-state index is 0.550. The van der Waals surface area contributed by atoms with Crippen molar-refractivity contribution >= 4 is 29.1 Å². The van der Waals surface area contributed by atoms with Crippen LogP contribution >= 0.6 is 11.6 Å². The van der Waals surface area contributed by atoms with Gasteiger partial charge in [-0.1, -0.05) is 17.7 Å².